The first-order valence-electron chi connectivity index (χ1n) is 9.93. The van der Waals surface area contributed by atoms with Gasteiger partial charge in [0.15, 0.2) is 5.75 Å². The summed E-state index contributed by atoms with van der Waals surface area (Å²) in [6.07, 6.45) is 0. The van der Waals surface area contributed by atoms with Gasteiger partial charge in [0.2, 0.25) is 0 Å². The molecule has 0 saturated carbocycles. The lowest BCUT2D eigenvalue weighted by Gasteiger charge is -2.34. The number of para-hydroxylation sites is 3. The lowest BCUT2D eigenvalue weighted by Crippen LogP contribution is -2.51. The molecule has 1 N–H and O–H groups in total. The molecule has 0 unspecified atom stereocenters. The normalized spacial score (nSPS) is 13.6. The van der Waals surface area contributed by atoms with Gasteiger partial charge < -0.3 is 19.9 Å². The molecule has 1 aliphatic rings. The fourth-order valence-corrected chi connectivity index (χ4v) is 3.34. The number of nitrogens with zero attached hydrogens (tertiary/aromatic N) is 2. The second kappa shape index (κ2) is 9.13. The van der Waals surface area contributed by atoms with Crippen LogP contribution in [-0.4, -0.2) is 47.9 Å². The Morgan fingerprint density at radius 2 is 1.27 bits per heavy atom. The molecule has 0 spiro atoms. The Labute approximate surface area is 175 Å². The minimum atomic E-state index is -0.203. The third-order valence-electron chi connectivity index (χ3n) is 4.97. The number of benzene rings is 3. The molecule has 1 fully saturated rings. The first-order chi connectivity index (χ1) is 14.7. The molecule has 6 heteroatoms. The Morgan fingerprint density at radius 1 is 0.700 bits per heavy atom. The Bertz CT molecular complexity index is 1000. The summed E-state index contributed by atoms with van der Waals surface area (Å²) in [4.78, 5) is 28.8. The van der Waals surface area contributed by atoms with Crippen molar-refractivity contribution in [2.24, 2.45) is 0 Å². The number of piperazine rings is 1. The van der Waals surface area contributed by atoms with Crippen molar-refractivity contribution < 1.29 is 14.3 Å². The largest absolute Gasteiger partial charge is 0.455 e. The highest BCUT2D eigenvalue weighted by Crippen LogP contribution is 2.29. The number of carbonyl (C=O) groups excluding carboxylic acids is 2. The quantitative estimate of drug-likeness (QED) is 0.702. The van der Waals surface area contributed by atoms with E-state index in [4.69, 9.17) is 4.74 Å². The second-order valence-electron chi connectivity index (χ2n) is 6.99. The number of urea groups is 1. The van der Waals surface area contributed by atoms with Crippen molar-refractivity contribution in [2.45, 2.75) is 0 Å². The number of hydrogen-bond donors (Lipinski definition) is 1. The third kappa shape index (κ3) is 4.60. The molecule has 30 heavy (non-hydrogen) atoms. The van der Waals surface area contributed by atoms with Crippen LogP contribution in [0.3, 0.4) is 0 Å². The minimum absolute atomic E-state index is 0.00253. The summed E-state index contributed by atoms with van der Waals surface area (Å²) in [6.45, 7) is 1.96. The van der Waals surface area contributed by atoms with Gasteiger partial charge in [-0.2, -0.15) is 0 Å². The van der Waals surface area contributed by atoms with Gasteiger partial charge in [-0.25, -0.2) is 4.79 Å². The number of hydrogen-bond acceptors (Lipinski definition) is 3. The second-order valence-corrected chi connectivity index (χ2v) is 6.99. The summed E-state index contributed by atoms with van der Waals surface area (Å²) >= 11 is 0. The van der Waals surface area contributed by atoms with Crippen LogP contribution in [0.4, 0.5) is 10.5 Å². The molecule has 3 amide bonds. The van der Waals surface area contributed by atoms with E-state index in [1.807, 2.05) is 84.9 Å². The average molecular weight is 401 g/mol. The Kier molecular flexibility index (Phi) is 5.94. The van der Waals surface area contributed by atoms with Gasteiger partial charge in [-0.1, -0.05) is 48.5 Å². The van der Waals surface area contributed by atoms with Crippen LogP contribution >= 0.6 is 0 Å². The first-order valence-corrected chi connectivity index (χ1v) is 9.93. The predicted molar refractivity (Wildman–Crippen MR) is 116 cm³/mol. The van der Waals surface area contributed by atoms with Gasteiger partial charge in [0.05, 0.1) is 5.69 Å². The maximum Gasteiger partial charge on any atom is 0.322 e. The summed E-state index contributed by atoms with van der Waals surface area (Å²) in [7, 11) is 0. The van der Waals surface area contributed by atoms with E-state index in [1.54, 1.807) is 9.80 Å². The Hall–Kier alpha value is -3.80. The van der Waals surface area contributed by atoms with Gasteiger partial charge >= 0.3 is 6.03 Å². The van der Waals surface area contributed by atoms with Crippen LogP contribution in [0.25, 0.3) is 0 Å². The molecule has 0 aromatic heterocycles. The molecule has 4 rings (SSSR count). The van der Waals surface area contributed by atoms with E-state index in [0.29, 0.717) is 48.9 Å². The smallest absolute Gasteiger partial charge is 0.322 e. The number of ether oxygens (including phenoxy) is 1. The number of carbonyl (C=O) groups is 2. The highest BCUT2D eigenvalue weighted by molar-refractivity contribution is 5.95. The van der Waals surface area contributed by atoms with Gasteiger partial charge in [-0.15, -0.1) is 0 Å². The maximum atomic E-state index is 12.8. The average Bonchev–Trinajstić information content (AvgIpc) is 2.81. The molecule has 0 aliphatic carbocycles. The Morgan fingerprint density at radius 3 is 1.97 bits per heavy atom. The van der Waals surface area contributed by atoms with Crippen LogP contribution in [0.2, 0.25) is 0 Å². The number of amides is 3. The monoisotopic (exact) mass is 401 g/mol. The van der Waals surface area contributed by atoms with Crippen LogP contribution in [0.15, 0.2) is 84.9 Å². The molecule has 1 saturated heterocycles. The fraction of sp³-hybridized carbons (Fsp3) is 0.167. The third-order valence-corrected chi connectivity index (χ3v) is 4.97. The van der Waals surface area contributed by atoms with E-state index in [9.17, 15) is 9.59 Å². The van der Waals surface area contributed by atoms with E-state index < -0.39 is 0 Å². The first kappa shape index (κ1) is 19.5. The van der Waals surface area contributed by atoms with Crippen molar-refractivity contribution >= 4 is 17.6 Å². The van der Waals surface area contributed by atoms with Crippen LogP contribution in [0.1, 0.15) is 10.4 Å². The molecule has 0 radical (unpaired) electrons. The number of nitrogens with one attached hydrogen (secondary N) is 1. The standard InChI is InChI=1S/C24H23N3O3/c28-23(19-9-3-1-4-10-19)26-15-17-27(18-16-26)24(29)25-21-13-7-8-14-22(21)30-20-11-5-2-6-12-20/h1-14H,15-18H2,(H,25,29). The maximum absolute atomic E-state index is 12.8. The number of anilines is 1. The summed E-state index contributed by atoms with van der Waals surface area (Å²) in [5.41, 5.74) is 1.27. The molecular formula is C24H23N3O3. The van der Waals surface area contributed by atoms with E-state index in [-0.39, 0.29) is 11.9 Å². The number of rotatable bonds is 4. The summed E-state index contributed by atoms with van der Waals surface area (Å²) in [5.74, 6) is 1.28. The molecule has 3 aromatic rings. The van der Waals surface area contributed by atoms with Gasteiger partial charge in [0.25, 0.3) is 5.91 Å². The van der Waals surface area contributed by atoms with Gasteiger partial charge in [-0.3, -0.25) is 4.79 Å². The molecule has 3 aromatic carbocycles. The summed E-state index contributed by atoms with van der Waals surface area (Å²) in [5, 5.41) is 2.93. The van der Waals surface area contributed by atoms with Crippen molar-refractivity contribution in [3.8, 4) is 11.5 Å². The highest BCUT2D eigenvalue weighted by Gasteiger charge is 2.25. The molecule has 152 valence electrons. The lowest BCUT2D eigenvalue weighted by molar-refractivity contribution is 0.0671. The summed E-state index contributed by atoms with van der Waals surface area (Å²) in [6, 6.07) is 25.8. The van der Waals surface area contributed by atoms with E-state index in [2.05, 4.69) is 5.32 Å². The molecule has 0 atom stereocenters. The van der Waals surface area contributed by atoms with Crippen LogP contribution in [0.5, 0.6) is 11.5 Å². The van der Waals surface area contributed by atoms with Crippen LogP contribution < -0.4 is 10.1 Å². The van der Waals surface area contributed by atoms with Gasteiger partial charge in [0, 0.05) is 31.7 Å². The van der Waals surface area contributed by atoms with E-state index in [0.717, 1.165) is 0 Å². The predicted octanol–water partition coefficient (Wildman–Crippen LogP) is 4.47. The van der Waals surface area contributed by atoms with Crippen molar-refractivity contribution in [3.63, 3.8) is 0 Å². The topological polar surface area (TPSA) is 61.9 Å². The molecule has 1 heterocycles. The van der Waals surface area contributed by atoms with Gasteiger partial charge in [-0.05, 0) is 36.4 Å². The van der Waals surface area contributed by atoms with Crippen LogP contribution in [0, 0.1) is 0 Å². The lowest BCUT2D eigenvalue weighted by atomic mass is 10.2. The zero-order chi connectivity index (χ0) is 20.8. The Balaban J connectivity index is 1.36. The van der Waals surface area contributed by atoms with E-state index >= 15 is 0 Å². The van der Waals surface area contributed by atoms with E-state index in [1.165, 1.54) is 0 Å². The van der Waals surface area contributed by atoms with Crippen LogP contribution in [-0.2, 0) is 0 Å². The zero-order valence-corrected chi connectivity index (χ0v) is 16.5. The van der Waals surface area contributed by atoms with Crippen molar-refractivity contribution in [1.82, 2.24) is 9.80 Å². The van der Waals surface area contributed by atoms with Crippen molar-refractivity contribution in [1.29, 1.82) is 0 Å². The summed E-state index contributed by atoms with van der Waals surface area (Å²) < 4.78 is 5.91. The minimum Gasteiger partial charge on any atom is -0.455 e. The molecule has 1 aliphatic heterocycles. The highest BCUT2D eigenvalue weighted by atomic mass is 16.5. The van der Waals surface area contributed by atoms with Crippen molar-refractivity contribution in [2.75, 3.05) is 31.5 Å². The molecule has 0 bridgehead atoms. The van der Waals surface area contributed by atoms with Gasteiger partial charge in [0.1, 0.15) is 5.75 Å². The zero-order valence-electron chi connectivity index (χ0n) is 16.5. The fourth-order valence-electron chi connectivity index (χ4n) is 3.34. The SMILES string of the molecule is O=C(Nc1ccccc1Oc1ccccc1)N1CCN(C(=O)c2ccccc2)CC1. The van der Waals surface area contributed by atoms with Crippen molar-refractivity contribution in [3.05, 3.63) is 90.5 Å². The molecule has 6 nitrogen and oxygen atoms in total. The molecular weight excluding hydrogens is 378 g/mol.